The van der Waals surface area contributed by atoms with Crippen molar-refractivity contribution in [1.29, 1.82) is 0 Å². The van der Waals surface area contributed by atoms with Crippen LogP contribution in [0.1, 0.15) is 6.92 Å². The summed E-state index contributed by atoms with van der Waals surface area (Å²) in [6, 6.07) is 4.76. The Morgan fingerprint density at radius 3 is 3.08 bits per heavy atom. The maximum absolute atomic E-state index is 12.7. The van der Waals surface area contributed by atoms with Crippen molar-refractivity contribution >= 4 is 11.4 Å². The van der Waals surface area contributed by atoms with Gasteiger partial charge in [0.1, 0.15) is 12.5 Å². The maximum atomic E-state index is 12.7. The molecule has 1 N–H and O–H groups in total. The van der Waals surface area contributed by atoms with Crippen LogP contribution in [0.4, 0.5) is 15.8 Å². The Kier molecular flexibility index (Phi) is 1.64. The quantitative estimate of drug-likeness (QED) is 0.686. The summed E-state index contributed by atoms with van der Waals surface area (Å²) >= 11 is 0. The lowest BCUT2D eigenvalue weighted by atomic mass is 10.2. The lowest BCUT2D eigenvalue weighted by molar-refractivity contribution is 0.628. The van der Waals surface area contributed by atoms with Crippen molar-refractivity contribution in [2.24, 2.45) is 0 Å². The summed E-state index contributed by atoms with van der Waals surface area (Å²) in [5.74, 6) is -0.201. The number of nitrogens with zero attached hydrogens (tertiary/aromatic N) is 1. The summed E-state index contributed by atoms with van der Waals surface area (Å²) in [5, 5.41) is 3.00. The van der Waals surface area contributed by atoms with Crippen LogP contribution >= 0.6 is 0 Å². The van der Waals surface area contributed by atoms with Crippen LogP contribution < -0.4 is 10.2 Å². The smallest absolute Gasteiger partial charge is 0.139 e. The molecule has 0 atom stereocenters. The van der Waals surface area contributed by atoms with Gasteiger partial charge in [0.25, 0.3) is 0 Å². The zero-order chi connectivity index (χ0) is 8.55. The molecule has 1 aliphatic heterocycles. The molecule has 63 valence electrons. The number of hydrogen-bond acceptors (Lipinski definition) is 2. The van der Waals surface area contributed by atoms with Gasteiger partial charge in [-0.3, -0.25) is 0 Å². The van der Waals surface area contributed by atoms with Crippen LogP contribution in [0.5, 0.6) is 0 Å². The van der Waals surface area contributed by atoms with Gasteiger partial charge in [0.2, 0.25) is 0 Å². The summed E-state index contributed by atoms with van der Waals surface area (Å²) in [6.07, 6.45) is 0. The average molecular weight is 165 g/mol. The van der Waals surface area contributed by atoms with Crippen molar-refractivity contribution < 1.29 is 4.39 Å². The zero-order valence-electron chi connectivity index (χ0n) is 6.84. The lowest BCUT2D eigenvalue weighted by Crippen LogP contribution is -2.16. The standard InChI is InChI=1S/C9H10FN2/c1-2-12-6-11-8-5-7(10)3-4-9(8)12/h3-6,11H,2H2,1H3. The van der Waals surface area contributed by atoms with Crippen molar-refractivity contribution in [2.75, 3.05) is 16.8 Å². The molecule has 12 heavy (non-hydrogen) atoms. The van der Waals surface area contributed by atoms with E-state index >= 15 is 0 Å². The van der Waals surface area contributed by atoms with E-state index in [0.29, 0.717) is 0 Å². The van der Waals surface area contributed by atoms with E-state index in [1.807, 2.05) is 11.6 Å². The monoisotopic (exact) mass is 165 g/mol. The van der Waals surface area contributed by atoms with Gasteiger partial charge >= 0.3 is 0 Å². The molecule has 0 bridgehead atoms. The van der Waals surface area contributed by atoms with Gasteiger partial charge in [-0.1, -0.05) is 0 Å². The van der Waals surface area contributed by atoms with E-state index in [9.17, 15) is 4.39 Å². The van der Waals surface area contributed by atoms with Crippen LogP contribution in [0.2, 0.25) is 0 Å². The summed E-state index contributed by atoms with van der Waals surface area (Å²) in [5.41, 5.74) is 1.88. The fraction of sp³-hybridized carbons (Fsp3) is 0.222. The summed E-state index contributed by atoms with van der Waals surface area (Å²) < 4.78 is 12.7. The van der Waals surface area contributed by atoms with Crippen LogP contribution in [-0.4, -0.2) is 6.54 Å². The van der Waals surface area contributed by atoms with Gasteiger partial charge in [-0.25, -0.2) is 4.39 Å². The Morgan fingerprint density at radius 1 is 1.50 bits per heavy atom. The fourth-order valence-electron chi connectivity index (χ4n) is 1.35. The van der Waals surface area contributed by atoms with E-state index in [1.54, 1.807) is 6.07 Å². The first-order chi connectivity index (χ1) is 5.81. The van der Waals surface area contributed by atoms with Crippen molar-refractivity contribution in [3.63, 3.8) is 0 Å². The van der Waals surface area contributed by atoms with Gasteiger partial charge in [0.05, 0.1) is 11.4 Å². The highest BCUT2D eigenvalue weighted by Gasteiger charge is 2.17. The molecular formula is C9H10FN2. The first-order valence-electron chi connectivity index (χ1n) is 3.97. The van der Waals surface area contributed by atoms with Gasteiger partial charge in [0, 0.05) is 6.54 Å². The van der Waals surface area contributed by atoms with Gasteiger partial charge in [-0.15, -0.1) is 0 Å². The van der Waals surface area contributed by atoms with E-state index in [2.05, 4.69) is 12.2 Å². The van der Waals surface area contributed by atoms with Gasteiger partial charge in [-0.05, 0) is 25.1 Å². The van der Waals surface area contributed by atoms with E-state index in [4.69, 9.17) is 0 Å². The molecule has 0 spiro atoms. The second-order valence-corrected chi connectivity index (χ2v) is 2.72. The fourth-order valence-corrected chi connectivity index (χ4v) is 1.35. The highest BCUT2D eigenvalue weighted by Crippen LogP contribution is 2.32. The normalized spacial score (nSPS) is 14.3. The molecule has 0 amide bonds. The van der Waals surface area contributed by atoms with Crippen molar-refractivity contribution in [1.82, 2.24) is 0 Å². The number of anilines is 2. The number of fused-ring (bicyclic) bond motifs is 1. The average Bonchev–Trinajstić information content (AvgIpc) is 2.46. The number of nitrogens with one attached hydrogen (secondary N) is 1. The number of rotatable bonds is 1. The second-order valence-electron chi connectivity index (χ2n) is 2.72. The third-order valence-corrected chi connectivity index (χ3v) is 1.98. The molecule has 1 aromatic rings. The molecule has 0 unspecified atom stereocenters. The van der Waals surface area contributed by atoms with Gasteiger partial charge < -0.3 is 10.2 Å². The molecule has 1 aromatic carbocycles. The molecule has 3 heteroatoms. The van der Waals surface area contributed by atoms with E-state index in [-0.39, 0.29) is 5.82 Å². The molecule has 0 fully saturated rings. The molecule has 1 radical (unpaired) electrons. The molecule has 0 saturated carbocycles. The van der Waals surface area contributed by atoms with Crippen LogP contribution in [0.15, 0.2) is 18.2 Å². The SMILES string of the molecule is CCN1[CH]Nc2cc(F)ccc21. The Morgan fingerprint density at radius 2 is 2.33 bits per heavy atom. The molecule has 2 nitrogen and oxygen atoms in total. The van der Waals surface area contributed by atoms with E-state index in [0.717, 1.165) is 17.9 Å². The molecule has 1 heterocycles. The third-order valence-electron chi connectivity index (χ3n) is 1.98. The number of benzene rings is 1. The third kappa shape index (κ3) is 1.02. The second kappa shape index (κ2) is 2.66. The summed E-state index contributed by atoms with van der Waals surface area (Å²) in [4.78, 5) is 2.04. The molecular weight excluding hydrogens is 155 g/mol. The Labute approximate surface area is 71.0 Å². The maximum Gasteiger partial charge on any atom is 0.139 e. The first kappa shape index (κ1) is 7.40. The summed E-state index contributed by atoms with van der Waals surface area (Å²) in [6.45, 7) is 4.80. The molecule has 0 aliphatic carbocycles. The number of hydrogen-bond donors (Lipinski definition) is 1. The Balaban J connectivity index is 2.40. The van der Waals surface area contributed by atoms with Crippen molar-refractivity contribution in [3.05, 3.63) is 30.7 Å². The van der Waals surface area contributed by atoms with Crippen LogP contribution in [0.3, 0.4) is 0 Å². The predicted octanol–water partition coefficient (Wildman–Crippen LogP) is 2.20. The molecule has 2 rings (SSSR count). The summed E-state index contributed by atoms with van der Waals surface area (Å²) in [7, 11) is 0. The van der Waals surface area contributed by atoms with Gasteiger partial charge in [-0.2, -0.15) is 0 Å². The lowest BCUT2D eigenvalue weighted by Gasteiger charge is -2.13. The van der Waals surface area contributed by atoms with Gasteiger partial charge in [0.15, 0.2) is 0 Å². The minimum atomic E-state index is -0.201. The number of halogens is 1. The van der Waals surface area contributed by atoms with Crippen LogP contribution in [0.25, 0.3) is 0 Å². The van der Waals surface area contributed by atoms with Crippen molar-refractivity contribution in [3.8, 4) is 0 Å². The molecule has 0 aromatic heterocycles. The highest BCUT2D eigenvalue weighted by atomic mass is 19.1. The Bertz CT molecular complexity index is 299. The zero-order valence-corrected chi connectivity index (χ0v) is 6.84. The Hall–Kier alpha value is -1.25. The topological polar surface area (TPSA) is 15.3 Å². The minimum absolute atomic E-state index is 0.201. The van der Waals surface area contributed by atoms with Crippen LogP contribution in [0, 0.1) is 12.5 Å². The minimum Gasteiger partial charge on any atom is -0.360 e. The van der Waals surface area contributed by atoms with Crippen LogP contribution in [-0.2, 0) is 0 Å². The molecule has 0 saturated heterocycles. The first-order valence-corrected chi connectivity index (χ1v) is 3.97. The van der Waals surface area contributed by atoms with Crippen molar-refractivity contribution in [2.45, 2.75) is 6.92 Å². The predicted molar refractivity (Wildman–Crippen MR) is 47.3 cm³/mol. The van der Waals surface area contributed by atoms with E-state index in [1.165, 1.54) is 12.1 Å². The largest absolute Gasteiger partial charge is 0.360 e. The van der Waals surface area contributed by atoms with E-state index < -0.39 is 0 Å². The highest BCUT2D eigenvalue weighted by molar-refractivity contribution is 5.76. The molecule has 1 aliphatic rings.